The fraction of sp³-hybridized carbons (Fsp3) is 0.433. The minimum atomic E-state index is -0.955. The van der Waals surface area contributed by atoms with Gasteiger partial charge in [0.25, 0.3) is 0 Å². The third-order valence-corrected chi connectivity index (χ3v) is 6.06. The molecule has 0 unspecified atom stereocenters. The molecule has 1 aliphatic rings. The second kappa shape index (κ2) is 11.3. The number of hydrogen-bond donors (Lipinski definition) is 1. The van der Waals surface area contributed by atoms with Crippen molar-refractivity contribution in [3.63, 3.8) is 0 Å². The number of hydrogen-bond acceptors (Lipinski definition) is 8. The van der Waals surface area contributed by atoms with Crippen LogP contribution in [0.2, 0.25) is 0 Å². The van der Waals surface area contributed by atoms with Crippen LogP contribution < -0.4 is 10.2 Å². The van der Waals surface area contributed by atoms with Gasteiger partial charge in [-0.3, -0.25) is 10.3 Å². The van der Waals surface area contributed by atoms with E-state index in [-0.39, 0.29) is 17.1 Å². The van der Waals surface area contributed by atoms with E-state index in [1.54, 1.807) is 60.6 Å². The molecule has 3 amide bonds. The van der Waals surface area contributed by atoms with E-state index in [0.29, 0.717) is 34.4 Å². The van der Waals surface area contributed by atoms with E-state index >= 15 is 4.39 Å². The van der Waals surface area contributed by atoms with Gasteiger partial charge in [0.15, 0.2) is 0 Å². The smallest absolute Gasteiger partial charge is 0.424 e. The van der Waals surface area contributed by atoms with E-state index in [1.807, 2.05) is 0 Å². The van der Waals surface area contributed by atoms with Crippen molar-refractivity contribution < 1.29 is 33.0 Å². The van der Waals surface area contributed by atoms with Crippen LogP contribution in [-0.2, 0) is 14.2 Å². The van der Waals surface area contributed by atoms with Gasteiger partial charge in [-0.1, -0.05) is 0 Å². The highest BCUT2D eigenvalue weighted by Gasteiger charge is 2.34. The average Bonchev–Trinajstić information content (AvgIpc) is 3.66. The van der Waals surface area contributed by atoms with Gasteiger partial charge in [-0.05, 0) is 96.4 Å². The maximum Gasteiger partial charge on any atom is 0.424 e. The zero-order chi connectivity index (χ0) is 30.1. The lowest BCUT2D eigenvalue weighted by molar-refractivity contribution is 0.0430. The number of aromatic nitrogens is 2. The highest BCUT2D eigenvalue weighted by molar-refractivity contribution is 6.10. The van der Waals surface area contributed by atoms with Crippen LogP contribution in [0.5, 0.6) is 0 Å². The summed E-state index contributed by atoms with van der Waals surface area (Å²) in [5.41, 5.74) is -0.803. The first-order valence-corrected chi connectivity index (χ1v) is 13.4. The van der Waals surface area contributed by atoms with Crippen LogP contribution in [0.1, 0.15) is 59.9 Å². The molecule has 1 N–H and O–H groups in total. The van der Waals surface area contributed by atoms with Gasteiger partial charge < -0.3 is 14.2 Å². The number of imide groups is 1. The highest BCUT2D eigenvalue weighted by atomic mass is 19.1. The number of carbonyl (C=O) groups excluding carboxylic acids is 3. The minimum absolute atomic E-state index is 0.0842. The summed E-state index contributed by atoms with van der Waals surface area (Å²) in [5.74, 6) is 0.109. The number of nitrogens with one attached hydrogen (secondary N) is 1. The molecule has 0 saturated heterocycles. The fourth-order valence-electron chi connectivity index (χ4n) is 3.96. The number of halogens is 1. The van der Waals surface area contributed by atoms with Crippen LogP contribution in [0.3, 0.4) is 0 Å². The van der Waals surface area contributed by atoms with Gasteiger partial charge in [-0.25, -0.2) is 23.8 Å². The molecule has 1 aromatic carbocycles. The van der Waals surface area contributed by atoms with E-state index in [2.05, 4.69) is 15.3 Å². The lowest BCUT2D eigenvalue weighted by Crippen LogP contribution is -2.44. The van der Waals surface area contributed by atoms with Crippen molar-refractivity contribution >= 4 is 40.6 Å². The fourth-order valence-corrected chi connectivity index (χ4v) is 3.96. The molecule has 0 bridgehead atoms. The predicted octanol–water partition coefficient (Wildman–Crippen LogP) is 7.38. The number of pyridine rings is 2. The van der Waals surface area contributed by atoms with Crippen molar-refractivity contribution in [3.05, 3.63) is 48.2 Å². The molecule has 1 saturated carbocycles. The predicted molar refractivity (Wildman–Crippen MR) is 152 cm³/mol. The Morgan fingerprint density at radius 3 is 2.15 bits per heavy atom. The molecule has 218 valence electrons. The summed E-state index contributed by atoms with van der Waals surface area (Å²) < 4.78 is 31.6. The van der Waals surface area contributed by atoms with Gasteiger partial charge in [0.1, 0.15) is 22.8 Å². The standard InChI is InChI=1S/C30H35FN4O6/c1-17-22(14-32-15-24(17)35(27(37)40-29(2,3)4)28(38)41-30(5,6)7)21-10-19-12-25(33-13-20(19)11-23(21)31)34-26(36)39-16-18-8-9-18/h10-15,18H,8-9,16H2,1-7H3,(H,33,34,36). The number of nitrogens with zero attached hydrogens (tertiary/aromatic N) is 3. The van der Waals surface area contributed by atoms with Crippen LogP contribution in [0, 0.1) is 18.7 Å². The van der Waals surface area contributed by atoms with Gasteiger partial charge in [0, 0.05) is 28.9 Å². The van der Waals surface area contributed by atoms with Crippen molar-refractivity contribution in [2.45, 2.75) is 72.5 Å². The van der Waals surface area contributed by atoms with Crippen LogP contribution >= 0.6 is 0 Å². The first-order chi connectivity index (χ1) is 19.1. The molecule has 2 aromatic heterocycles. The first-order valence-electron chi connectivity index (χ1n) is 13.4. The topological polar surface area (TPSA) is 120 Å². The Hall–Kier alpha value is -4.28. The van der Waals surface area contributed by atoms with Crippen molar-refractivity contribution in [3.8, 4) is 11.1 Å². The monoisotopic (exact) mass is 566 g/mol. The zero-order valence-electron chi connectivity index (χ0n) is 24.3. The average molecular weight is 567 g/mol. The summed E-state index contributed by atoms with van der Waals surface area (Å²) in [6.07, 6.45) is 3.81. The maximum absolute atomic E-state index is 15.4. The van der Waals surface area contributed by atoms with E-state index in [4.69, 9.17) is 14.2 Å². The van der Waals surface area contributed by atoms with Crippen LogP contribution in [0.15, 0.2) is 36.8 Å². The molecule has 0 spiro atoms. The first kappa shape index (κ1) is 29.7. The van der Waals surface area contributed by atoms with Crippen LogP contribution in [0.25, 0.3) is 21.9 Å². The van der Waals surface area contributed by atoms with Crippen molar-refractivity contribution in [2.24, 2.45) is 5.92 Å². The summed E-state index contributed by atoms with van der Waals surface area (Å²) in [7, 11) is 0. The third-order valence-electron chi connectivity index (χ3n) is 6.06. The number of rotatable bonds is 5. The van der Waals surface area contributed by atoms with Gasteiger partial charge in [-0.2, -0.15) is 4.90 Å². The number of carbonyl (C=O) groups is 3. The summed E-state index contributed by atoms with van der Waals surface area (Å²) in [6.45, 7) is 12.1. The molecular weight excluding hydrogens is 531 g/mol. The lowest BCUT2D eigenvalue weighted by Gasteiger charge is -2.29. The molecule has 4 rings (SSSR count). The van der Waals surface area contributed by atoms with Gasteiger partial charge in [0.2, 0.25) is 0 Å². The Morgan fingerprint density at radius 1 is 0.927 bits per heavy atom. The van der Waals surface area contributed by atoms with Gasteiger partial charge in [-0.15, -0.1) is 0 Å². The van der Waals surface area contributed by atoms with Crippen molar-refractivity contribution in [1.82, 2.24) is 9.97 Å². The number of benzene rings is 1. The zero-order valence-corrected chi connectivity index (χ0v) is 24.3. The number of amides is 3. The minimum Gasteiger partial charge on any atom is -0.449 e. The second-order valence-corrected chi connectivity index (χ2v) is 12.0. The lowest BCUT2D eigenvalue weighted by atomic mass is 9.98. The molecule has 0 radical (unpaired) electrons. The number of anilines is 2. The highest BCUT2D eigenvalue weighted by Crippen LogP contribution is 2.35. The largest absolute Gasteiger partial charge is 0.449 e. The van der Waals surface area contributed by atoms with Crippen molar-refractivity contribution in [2.75, 3.05) is 16.8 Å². The van der Waals surface area contributed by atoms with E-state index in [0.717, 1.165) is 17.7 Å². The Labute approximate surface area is 238 Å². The summed E-state index contributed by atoms with van der Waals surface area (Å²) >= 11 is 0. The number of fused-ring (bicyclic) bond motifs is 1. The molecule has 1 aliphatic carbocycles. The van der Waals surface area contributed by atoms with E-state index in [1.165, 1.54) is 24.7 Å². The van der Waals surface area contributed by atoms with E-state index < -0.39 is 35.3 Å². The Kier molecular flexibility index (Phi) is 8.19. The van der Waals surface area contributed by atoms with Gasteiger partial charge in [0.05, 0.1) is 18.5 Å². The molecule has 1 fully saturated rings. The maximum atomic E-state index is 15.4. The van der Waals surface area contributed by atoms with E-state index in [9.17, 15) is 14.4 Å². The van der Waals surface area contributed by atoms with Crippen molar-refractivity contribution in [1.29, 1.82) is 0 Å². The summed E-state index contributed by atoms with van der Waals surface area (Å²) in [6, 6.07) is 4.52. The Morgan fingerprint density at radius 2 is 1.56 bits per heavy atom. The van der Waals surface area contributed by atoms with Gasteiger partial charge >= 0.3 is 18.3 Å². The van der Waals surface area contributed by atoms with Crippen LogP contribution in [0.4, 0.5) is 30.3 Å². The third kappa shape index (κ3) is 7.68. The molecule has 11 heteroatoms. The quantitative estimate of drug-likeness (QED) is 0.318. The molecule has 3 aromatic rings. The molecule has 0 atom stereocenters. The molecular formula is C30H35FN4O6. The Balaban J connectivity index is 1.71. The summed E-state index contributed by atoms with van der Waals surface area (Å²) in [4.78, 5) is 47.7. The SMILES string of the molecule is Cc1c(-c2cc3cc(NC(=O)OCC4CC4)ncc3cc2F)cncc1N(C(=O)OC(C)(C)C)C(=O)OC(C)(C)C. The summed E-state index contributed by atoms with van der Waals surface area (Å²) in [5, 5.41) is 3.70. The molecule has 0 aliphatic heterocycles. The normalized spacial score (nSPS) is 13.5. The number of ether oxygens (including phenoxy) is 3. The van der Waals surface area contributed by atoms with Crippen LogP contribution in [-0.4, -0.2) is 46.1 Å². The molecule has 2 heterocycles. The molecule has 41 heavy (non-hydrogen) atoms. The Bertz CT molecular complexity index is 1460. The second-order valence-electron chi connectivity index (χ2n) is 12.0. The molecule has 10 nitrogen and oxygen atoms in total.